The average Bonchev–Trinajstić information content (AvgIpc) is 2.33. The molecule has 0 aromatic heterocycles. The van der Waals surface area contributed by atoms with E-state index in [4.69, 9.17) is 9.84 Å². The summed E-state index contributed by atoms with van der Waals surface area (Å²) in [6, 6.07) is 6.11. The molecule has 3 heteroatoms. The van der Waals surface area contributed by atoms with Crippen molar-refractivity contribution in [3.63, 3.8) is 0 Å². The number of hydrogen-bond acceptors (Lipinski definition) is 2. The summed E-state index contributed by atoms with van der Waals surface area (Å²) >= 11 is 0. The lowest BCUT2D eigenvalue weighted by Gasteiger charge is -2.12. The van der Waals surface area contributed by atoms with Crippen LogP contribution in [0.1, 0.15) is 37.3 Å². The molecular weight excluding hydrogens is 228 g/mol. The van der Waals surface area contributed by atoms with Gasteiger partial charge in [0, 0.05) is 0 Å². The Labute approximate surface area is 109 Å². The molecule has 0 spiro atoms. The van der Waals surface area contributed by atoms with Gasteiger partial charge in [0.05, 0.1) is 12.5 Å². The minimum absolute atomic E-state index is 0.243. The minimum atomic E-state index is -0.704. The van der Waals surface area contributed by atoms with Gasteiger partial charge in [-0.05, 0) is 50.3 Å². The largest absolute Gasteiger partial charge is 0.493 e. The smallest absolute Gasteiger partial charge is 0.306 e. The van der Waals surface area contributed by atoms with Crippen LogP contribution < -0.4 is 4.74 Å². The molecule has 0 aliphatic heterocycles. The summed E-state index contributed by atoms with van der Waals surface area (Å²) in [5.74, 6) is -0.0465. The van der Waals surface area contributed by atoms with E-state index in [0.717, 1.165) is 17.7 Å². The van der Waals surface area contributed by atoms with Crippen molar-refractivity contribution in [2.75, 3.05) is 6.61 Å². The second-order valence-electron chi connectivity index (χ2n) is 4.70. The maximum Gasteiger partial charge on any atom is 0.306 e. The number of carboxylic acids is 1. The van der Waals surface area contributed by atoms with Crippen molar-refractivity contribution in [2.45, 2.75) is 40.0 Å². The van der Waals surface area contributed by atoms with Crippen molar-refractivity contribution in [1.29, 1.82) is 0 Å². The molecular formula is C15H22O3. The maximum atomic E-state index is 10.9. The van der Waals surface area contributed by atoms with E-state index < -0.39 is 5.97 Å². The third-order valence-electron chi connectivity index (χ3n) is 3.14. The minimum Gasteiger partial charge on any atom is -0.493 e. The molecule has 0 amide bonds. The number of hydrogen-bond donors (Lipinski definition) is 1. The van der Waals surface area contributed by atoms with Crippen LogP contribution in [-0.4, -0.2) is 17.7 Å². The lowest BCUT2D eigenvalue weighted by molar-refractivity contribution is -0.142. The van der Waals surface area contributed by atoms with Crippen molar-refractivity contribution in [3.8, 4) is 5.75 Å². The highest BCUT2D eigenvalue weighted by molar-refractivity contribution is 5.69. The van der Waals surface area contributed by atoms with Gasteiger partial charge < -0.3 is 9.84 Å². The Bertz CT molecular complexity index is 399. The number of ether oxygens (including phenoxy) is 1. The third kappa shape index (κ3) is 4.40. The lowest BCUT2D eigenvalue weighted by Crippen LogP contribution is -2.13. The number of carbonyl (C=O) groups is 1. The fourth-order valence-corrected chi connectivity index (χ4v) is 1.88. The van der Waals surface area contributed by atoms with E-state index in [2.05, 4.69) is 6.07 Å². The number of aliphatic carboxylic acids is 1. The van der Waals surface area contributed by atoms with Gasteiger partial charge in [-0.25, -0.2) is 0 Å². The molecule has 0 bridgehead atoms. The summed E-state index contributed by atoms with van der Waals surface area (Å²) in [5, 5.41) is 8.93. The molecule has 0 heterocycles. The van der Waals surface area contributed by atoms with Gasteiger partial charge in [0.2, 0.25) is 0 Å². The zero-order valence-electron chi connectivity index (χ0n) is 11.4. The molecule has 1 aromatic rings. The van der Waals surface area contributed by atoms with Crippen molar-refractivity contribution < 1.29 is 14.6 Å². The number of aryl methyl sites for hydroxylation is 2. The molecule has 0 aliphatic carbocycles. The van der Waals surface area contributed by atoms with Gasteiger partial charge in [-0.3, -0.25) is 4.79 Å². The Morgan fingerprint density at radius 2 is 2.11 bits per heavy atom. The first-order valence-corrected chi connectivity index (χ1v) is 6.47. The van der Waals surface area contributed by atoms with Gasteiger partial charge in [0.15, 0.2) is 0 Å². The number of rotatable bonds is 7. The summed E-state index contributed by atoms with van der Waals surface area (Å²) in [5.41, 5.74) is 2.29. The van der Waals surface area contributed by atoms with Crippen LogP contribution >= 0.6 is 0 Å². The van der Waals surface area contributed by atoms with E-state index in [1.54, 1.807) is 0 Å². The van der Waals surface area contributed by atoms with E-state index in [1.165, 1.54) is 5.56 Å². The second-order valence-corrected chi connectivity index (χ2v) is 4.70. The Kier molecular flexibility index (Phi) is 5.69. The highest BCUT2D eigenvalue weighted by Gasteiger charge is 2.14. The van der Waals surface area contributed by atoms with E-state index in [1.807, 2.05) is 32.9 Å². The molecule has 1 rings (SSSR count). The third-order valence-corrected chi connectivity index (χ3v) is 3.14. The zero-order chi connectivity index (χ0) is 13.5. The zero-order valence-corrected chi connectivity index (χ0v) is 11.4. The summed E-state index contributed by atoms with van der Waals surface area (Å²) < 4.78 is 5.70. The first-order chi connectivity index (χ1) is 8.54. The second kappa shape index (κ2) is 7.04. The molecule has 3 nitrogen and oxygen atoms in total. The molecule has 1 aromatic carbocycles. The summed E-state index contributed by atoms with van der Waals surface area (Å²) in [6.45, 7) is 6.53. The van der Waals surface area contributed by atoms with E-state index in [-0.39, 0.29) is 5.92 Å². The molecule has 18 heavy (non-hydrogen) atoms. The van der Waals surface area contributed by atoms with Crippen LogP contribution in [-0.2, 0) is 4.79 Å². The van der Waals surface area contributed by atoms with Crippen molar-refractivity contribution in [3.05, 3.63) is 29.3 Å². The van der Waals surface area contributed by atoms with Gasteiger partial charge in [-0.1, -0.05) is 19.1 Å². The Morgan fingerprint density at radius 3 is 2.72 bits per heavy atom. The van der Waals surface area contributed by atoms with Gasteiger partial charge in [-0.15, -0.1) is 0 Å². The van der Waals surface area contributed by atoms with Crippen LogP contribution in [0.3, 0.4) is 0 Å². The maximum absolute atomic E-state index is 10.9. The van der Waals surface area contributed by atoms with E-state index >= 15 is 0 Å². The van der Waals surface area contributed by atoms with Crippen LogP contribution in [0, 0.1) is 19.8 Å². The molecule has 0 unspecified atom stereocenters. The van der Waals surface area contributed by atoms with Gasteiger partial charge >= 0.3 is 5.97 Å². The predicted octanol–water partition coefficient (Wildman–Crippen LogP) is 3.57. The molecule has 100 valence electrons. The summed E-state index contributed by atoms with van der Waals surface area (Å²) in [7, 11) is 0. The van der Waals surface area contributed by atoms with Gasteiger partial charge in [0.1, 0.15) is 5.75 Å². The molecule has 0 saturated heterocycles. The molecule has 0 radical (unpaired) electrons. The van der Waals surface area contributed by atoms with Crippen LogP contribution in [0.4, 0.5) is 0 Å². The molecule has 0 saturated carbocycles. The first-order valence-electron chi connectivity index (χ1n) is 6.47. The lowest BCUT2D eigenvalue weighted by atomic mass is 10.0. The molecule has 0 fully saturated rings. The predicted molar refractivity (Wildman–Crippen MR) is 72.1 cm³/mol. The Hall–Kier alpha value is -1.51. The SMILES string of the molecule is CC[C@H](CCCOc1cc(C)ccc1C)C(=O)O. The topological polar surface area (TPSA) is 46.5 Å². The van der Waals surface area contributed by atoms with Gasteiger partial charge in [-0.2, -0.15) is 0 Å². The van der Waals surface area contributed by atoms with Crippen molar-refractivity contribution in [2.24, 2.45) is 5.92 Å². The first kappa shape index (κ1) is 14.6. The Morgan fingerprint density at radius 1 is 1.39 bits per heavy atom. The summed E-state index contributed by atoms with van der Waals surface area (Å²) in [4.78, 5) is 10.9. The number of benzene rings is 1. The van der Waals surface area contributed by atoms with Crippen LogP contribution in [0.2, 0.25) is 0 Å². The van der Waals surface area contributed by atoms with Crippen molar-refractivity contribution >= 4 is 5.97 Å². The normalized spacial score (nSPS) is 12.2. The fourth-order valence-electron chi connectivity index (χ4n) is 1.88. The average molecular weight is 250 g/mol. The van der Waals surface area contributed by atoms with E-state index in [0.29, 0.717) is 19.4 Å². The monoisotopic (exact) mass is 250 g/mol. The standard InChI is InChI=1S/C15H22O3/c1-4-13(15(16)17)6-5-9-18-14-10-11(2)7-8-12(14)3/h7-8,10,13H,4-6,9H2,1-3H3,(H,16,17)/t13-/m1/s1. The van der Waals surface area contributed by atoms with Gasteiger partial charge in [0.25, 0.3) is 0 Å². The molecule has 1 N–H and O–H groups in total. The van der Waals surface area contributed by atoms with Crippen LogP contribution in [0.5, 0.6) is 5.75 Å². The van der Waals surface area contributed by atoms with E-state index in [9.17, 15) is 4.79 Å². The van der Waals surface area contributed by atoms with Crippen molar-refractivity contribution in [1.82, 2.24) is 0 Å². The van der Waals surface area contributed by atoms with Crippen LogP contribution in [0.25, 0.3) is 0 Å². The summed E-state index contributed by atoms with van der Waals surface area (Å²) in [6.07, 6.45) is 2.13. The quantitative estimate of drug-likeness (QED) is 0.752. The molecule has 1 atom stereocenters. The highest BCUT2D eigenvalue weighted by atomic mass is 16.5. The fraction of sp³-hybridized carbons (Fsp3) is 0.533. The number of carboxylic acid groups (broad SMARTS) is 1. The Balaban J connectivity index is 2.37. The van der Waals surface area contributed by atoms with Crippen LogP contribution in [0.15, 0.2) is 18.2 Å². The molecule has 0 aliphatic rings. The highest BCUT2D eigenvalue weighted by Crippen LogP contribution is 2.20.